The fourth-order valence-corrected chi connectivity index (χ4v) is 7.20. The Morgan fingerprint density at radius 1 is 1.00 bits per heavy atom. The highest BCUT2D eigenvalue weighted by Crippen LogP contribution is 2.62. The molecule has 2 aromatic carbocycles. The van der Waals surface area contributed by atoms with Gasteiger partial charge in [-0.25, -0.2) is 15.0 Å². The van der Waals surface area contributed by atoms with Crippen molar-refractivity contribution in [2.45, 2.75) is 70.8 Å². The fraction of sp³-hybridized carbons (Fsp3) is 0.429. The number of ether oxygens (including phenoxy) is 1. The molecule has 1 saturated heterocycles. The lowest BCUT2D eigenvalue weighted by Gasteiger charge is -2.23. The number of amides is 1. The molecule has 4 aromatic rings. The van der Waals surface area contributed by atoms with Crippen molar-refractivity contribution in [1.29, 1.82) is 0 Å². The average molecular weight is 577 g/mol. The molecule has 2 aromatic heterocycles. The number of carbonyl (C=O) groups is 1. The predicted octanol–water partition coefficient (Wildman–Crippen LogP) is 7.26. The Bertz CT molecular complexity index is 1630. The van der Waals surface area contributed by atoms with Crippen LogP contribution in [0.3, 0.4) is 0 Å². The Labute approximate surface area is 253 Å². The number of piperidine rings is 1. The summed E-state index contributed by atoms with van der Waals surface area (Å²) in [5, 5.41) is 12.0. The Hall–Kier alpha value is -4.04. The van der Waals surface area contributed by atoms with E-state index in [-0.39, 0.29) is 5.91 Å². The largest absolute Gasteiger partial charge is 0.437 e. The Morgan fingerprint density at radius 3 is 2.77 bits per heavy atom. The lowest BCUT2D eigenvalue weighted by molar-refractivity contribution is -0.116. The van der Waals surface area contributed by atoms with E-state index in [0.29, 0.717) is 35.6 Å². The second kappa shape index (κ2) is 11.9. The highest BCUT2D eigenvalue weighted by molar-refractivity contribution is 6.04. The normalized spacial score (nSPS) is 21.0. The van der Waals surface area contributed by atoms with Gasteiger partial charge in [-0.05, 0) is 86.7 Å². The van der Waals surface area contributed by atoms with Crippen LogP contribution in [-0.2, 0) is 4.79 Å². The molecule has 43 heavy (non-hydrogen) atoms. The molecule has 0 bridgehead atoms. The summed E-state index contributed by atoms with van der Waals surface area (Å²) in [5.74, 6) is 2.43. The number of carbonyl (C=O) groups excluding carboxylic acids is 1. The molecule has 0 radical (unpaired) electrons. The quantitative estimate of drug-likeness (QED) is 0.203. The van der Waals surface area contributed by atoms with E-state index in [9.17, 15) is 4.79 Å². The topological polar surface area (TPSA) is 101 Å². The minimum Gasteiger partial charge on any atom is -0.437 e. The van der Waals surface area contributed by atoms with Crippen molar-refractivity contribution in [3.8, 4) is 22.9 Å². The summed E-state index contributed by atoms with van der Waals surface area (Å²) in [6.07, 6.45) is 14.1. The van der Waals surface area contributed by atoms with E-state index in [2.05, 4.69) is 32.0 Å². The van der Waals surface area contributed by atoms with Crippen molar-refractivity contribution in [2.75, 3.05) is 23.7 Å². The van der Waals surface area contributed by atoms with E-state index in [1.165, 1.54) is 38.5 Å². The lowest BCUT2D eigenvalue weighted by Crippen LogP contribution is -2.38. The first-order chi connectivity index (χ1) is 21.1. The Kier molecular flexibility index (Phi) is 7.70. The van der Waals surface area contributed by atoms with E-state index in [1.54, 1.807) is 12.4 Å². The number of pyridine rings is 1. The predicted molar refractivity (Wildman–Crippen MR) is 170 cm³/mol. The van der Waals surface area contributed by atoms with Crippen molar-refractivity contribution < 1.29 is 9.53 Å². The molecule has 8 heteroatoms. The van der Waals surface area contributed by atoms with Gasteiger partial charge >= 0.3 is 0 Å². The fourth-order valence-electron chi connectivity index (χ4n) is 7.20. The van der Waals surface area contributed by atoms with Crippen LogP contribution in [0.25, 0.3) is 22.0 Å². The maximum atomic E-state index is 13.2. The Balaban J connectivity index is 1.12. The van der Waals surface area contributed by atoms with Crippen LogP contribution in [0.15, 0.2) is 60.9 Å². The zero-order chi connectivity index (χ0) is 29.2. The van der Waals surface area contributed by atoms with Crippen LogP contribution in [0, 0.1) is 18.3 Å². The van der Waals surface area contributed by atoms with Gasteiger partial charge in [0.1, 0.15) is 5.75 Å². The summed E-state index contributed by atoms with van der Waals surface area (Å²) in [4.78, 5) is 27.0. The van der Waals surface area contributed by atoms with Crippen LogP contribution in [0.1, 0.15) is 63.4 Å². The minimum atomic E-state index is 0.104. The monoisotopic (exact) mass is 576 g/mol. The highest BCUT2D eigenvalue weighted by atomic mass is 16.5. The van der Waals surface area contributed by atoms with E-state index in [0.717, 1.165) is 65.0 Å². The third kappa shape index (κ3) is 5.93. The number of aryl methyl sites for hydroxylation is 1. The van der Waals surface area contributed by atoms with E-state index >= 15 is 0 Å². The van der Waals surface area contributed by atoms with E-state index in [1.807, 2.05) is 49.4 Å². The maximum Gasteiger partial charge on any atom is 0.228 e. The second-order valence-electron chi connectivity index (χ2n) is 12.6. The molecule has 1 unspecified atom stereocenters. The van der Waals surface area contributed by atoms with Crippen LogP contribution >= 0.6 is 0 Å². The molecule has 3 aliphatic rings. The molecule has 3 fully saturated rings. The highest BCUT2D eigenvalue weighted by Gasteiger charge is 2.53. The van der Waals surface area contributed by atoms with Gasteiger partial charge in [-0.2, -0.15) is 0 Å². The van der Waals surface area contributed by atoms with Gasteiger partial charge in [0.15, 0.2) is 0 Å². The van der Waals surface area contributed by atoms with Gasteiger partial charge in [-0.15, -0.1) is 0 Å². The van der Waals surface area contributed by atoms with Gasteiger partial charge in [0.25, 0.3) is 0 Å². The molecule has 2 saturated carbocycles. The number of nitrogens with zero attached hydrogens (tertiary/aromatic N) is 3. The third-order valence-corrected chi connectivity index (χ3v) is 9.65. The molecule has 2 aliphatic carbocycles. The first-order valence-electron chi connectivity index (χ1n) is 15.8. The van der Waals surface area contributed by atoms with Gasteiger partial charge in [-0.3, -0.25) is 4.79 Å². The molecular formula is C35H40N6O2. The molecule has 1 amide bonds. The summed E-state index contributed by atoms with van der Waals surface area (Å²) in [6, 6.07) is 16.2. The van der Waals surface area contributed by atoms with Gasteiger partial charge in [0.05, 0.1) is 11.3 Å². The van der Waals surface area contributed by atoms with Gasteiger partial charge in [0.2, 0.25) is 17.7 Å². The number of nitrogens with one attached hydrogen (secondary N) is 3. The Morgan fingerprint density at radius 2 is 1.91 bits per heavy atom. The zero-order valence-corrected chi connectivity index (χ0v) is 24.9. The number of aromatic nitrogens is 3. The summed E-state index contributed by atoms with van der Waals surface area (Å²) in [5.41, 5.74) is 3.78. The molecule has 1 aliphatic heterocycles. The summed E-state index contributed by atoms with van der Waals surface area (Å²) in [7, 11) is 0. The van der Waals surface area contributed by atoms with Crippen molar-refractivity contribution in [1.82, 2.24) is 20.3 Å². The van der Waals surface area contributed by atoms with Crippen LogP contribution in [-0.4, -0.2) is 40.0 Å². The summed E-state index contributed by atoms with van der Waals surface area (Å²) >= 11 is 0. The molecule has 2 atom stereocenters. The van der Waals surface area contributed by atoms with Crippen LogP contribution in [0.5, 0.6) is 11.6 Å². The van der Waals surface area contributed by atoms with Crippen molar-refractivity contribution in [2.24, 2.45) is 11.3 Å². The second-order valence-corrected chi connectivity index (χ2v) is 12.6. The van der Waals surface area contributed by atoms with E-state index in [4.69, 9.17) is 9.72 Å². The van der Waals surface area contributed by atoms with Crippen molar-refractivity contribution in [3.05, 3.63) is 66.5 Å². The van der Waals surface area contributed by atoms with Crippen molar-refractivity contribution >= 4 is 28.3 Å². The standard InChI is InChI=1S/C35H40N6O2/c1-23-12-13-26-27(9-5-11-29(26)40-31(42)20-24-21-35(24)15-3-2-4-16-35)32(23)43-33-28(10-7-18-37-33)30-14-19-38-34(41-30)39-25-8-6-17-36-22-25/h5,7,9-14,18-19,24-25,36H,2-4,6,8,15-17,20-22H2,1H3,(H,40,42)(H,38,39,41)/t24?,25-/m0/s1. The summed E-state index contributed by atoms with van der Waals surface area (Å²) in [6.45, 7) is 3.99. The lowest BCUT2D eigenvalue weighted by atomic mass is 9.84. The number of hydrogen-bond acceptors (Lipinski definition) is 7. The molecule has 222 valence electrons. The number of rotatable bonds is 8. The number of fused-ring (bicyclic) bond motifs is 1. The average Bonchev–Trinajstić information content (AvgIpc) is 3.68. The zero-order valence-electron chi connectivity index (χ0n) is 24.9. The number of benzene rings is 2. The first-order valence-corrected chi connectivity index (χ1v) is 15.8. The molecule has 1 spiro atoms. The summed E-state index contributed by atoms with van der Waals surface area (Å²) < 4.78 is 6.59. The van der Waals surface area contributed by atoms with Crippen LogP contribution in [0.4, 0.5) is 11.6 Å². The third-order valence-electron chi connectivity index (χ3n) is 9.65. The minimum absolute atomic E-state index is 0.104. The molecule has 3 heterocycles. The molecule has 8 nitrogen and oxygen atoms in total. The van der Waals surface area contributed by atoms with Crippen molar-refractivity contribution in [3.63, 3.8) is 0 Å². The van der Waals surface area contributed by atoms with Gasteiger partial charge in [-0.1, -0.05) is 43.5 Å². The number of anilines is 2. The van der Waals surface area contributed by atoms with Crippen LogP contribution in [0.2, 0.25) is 0 Å². The smallest absolute Gasteiger partial charge is 0.228 e. The molecular weight excluding hydrogens is 536 g/mol. The first kappa shape index (κ1) is 27.8. The molecule has 7 rings (SSSR count). The maximum absolute atomic E-state index is 13.2. The van der Waals surface area contributed by atoms with Gasteiger partial charge < -0.3 is 20.7 Å². The van der Waals surface area contributed by atoms with Gasteiger partial charge in [0, 0.05) is 47.9 Å². The molecule has 3 N–H and O–H groups in total. The number of hydrogen-bond donors (Lipinski definition) is 3. The van der Waals surface area contributed by atoms with E-state index < -0.39 is 0 Å². The van der Waals surface area contributed by atoms with Crippen LogP contribution < -0.4 is 20.7 Å². The SMILES string of the molecule is Cc1ccc2c(NC(=O)CC3CC34CCCCC4)cccc2c1Oc1ncccc1-c1ccnc(N[C@H]2CCCNC2)n1.